The standard InChI is InChI=1S/C17H16F2N4OS/c18-17(19)10-20-7-14(17)22-15(24)6-12-9-25-16-21-13(8-23(12)16)11-4-2-1-3-5-11/h1-5,8-9,14,20H,6-7,10H2,(H,22,24)/t14-/m1/s1. The van der Waals surface area contributed by atoms with Gasteiger partial charge < -0.3 is 10.6 Å². The molecule has 1 aromatic carbocycles. The zero-order chi connectivity index (χ0) is 17.4. The summed E-state index contributed by atoms with van der Waals surface area (Å²) in [6.07, 6.45) is 1.91. The van der Waals surface area contributed by atoms with Crippen LogP contribution < -0.4 is 10.6 Å². The van der Waals surface area contributed by atoms with E-state index in [1.807, 2.05) is 46.3 Å². The van der Waals surface area contributed by atoms with Crippen LogP contribution in [0.2, 0.25) is 0 Å². The molecule has 5 nitrogen and oxygen atoms in total. The summed E-state index contributed by atoms with van der Waals surface area (Å²) in [4.78, 5) is 17.5. The number of carbonyl (C=O) groups is 1. The molecule has 1 aliphatic rings. The lowest BCUT2D eigenvalue weighted by molar-refractivity contribution is -0.123. The number of thiazole rings is 1. The molecule has 0 radical (unpaired) electrons. The Balaban J connectivity index is 1.52. The minimum Gasteiger partial charge on any atom is -0.346 e. The minimum absolute atomic E-state index is 0.0389. The van der Waals surface area contributed by atoms with Crippen molar-refractivity contribution in [3.63, 3.8) is 0 Å². The highest BCUT2D eigenvalue weighted by molar-refractivity contribution is 7.15. The lowest BCUT2D eigenvalue weighted by Gasteiger charge is -2.19. The summed E-state index contributed by atoms with van der Waals surface area (Å²) in [5.41, 5.74) is 2.55. The number of carbonyl (C=O) groups excluding carboxylic acids is 1. The molecule has 0 saturated carbocycles. The smallest absolute Gasteiger partial charge is 0.281 e. The zero-order valence-corrected chi connectivity index (χ0v) is 14.0. The normalized spacial score (nSPS) is 19.4. The van der Waals surface area contributed by atoms with E-state index in [-0.39, 0.29) is 13.0 Å². The Morgan fingerprint density at radius 3 is 2.92 bits per heavy atom. The Morgan fingerprint density at radius 1 is 1.40 bits per heavy atom. The van der Waals surface area contributed by atoms with Crippen molar-refractivity contribution < 1.29 is 13.6 Å². The summed E-state index contributed by atoms with van der Waals surface area (Å²) in [7, 11) is 0. The van der Waals surface area contributed by atoms with E-state index >= 15 is 0 Å². The van der Waals surface area contributed by atoms with Crippen LogP contribution in [0.15, 0.2) is 41.9 Å². The van der Waals surface area contributed by atoms with Gasteiger partial charge in [-0.1, -0.05) is 30.3 Å². The van der Waals surface area contributed by atoms with E-state index in [2.05, 4.69) is 15.6 Å². The summed E-state index contributed by atoms with van der Waals surface area (Å²) in [5.74, 6) is -3.32. The molecule has 3 aromatic rings. The fourth-order valence-electron chi connectivity index (χ4n) is 2.93. The topological polar surface area (TPSA) is 58.4 Å². The molecule has 0 aliphatic carbocycles. The predicted octanol–water partition coefficient (Wildman–Crippen LogP) is 2.33. The number of halogens is 2. The first kappa shape index (κ1) is 16.2. The first-order chi connectivity index (χ1) is 12.0. The molecule has 130 valence electrons. The second kappa shape index (κ2) is 6.20. The van der Waals surface area contributed by atoms with Gasteiger partial charge in [-0.2, -0.15) is 0 Å². The number of nitrogens with one attached hydrogen (secondary N) is 2. The fourth-order valence-corrected chi connectivity index (χ4v) is 3.80. The summed E-state index contributed by atoms with van der Waals surface area (Å²) in [6.45, 7) is -0.316. The van der Waals surface area contributed by atoms with Gasteiger partial charge in [-0.25, -0.2) is 13.8 Å². The number of fused-ring (bicyclic) bond motifs is 1. The third-order valence-corrected chi connectivity index (χ3v) is 5.14. The van der Waals surface area contributed by atoms with Crippen LogP contribution in [0.5, 0.6) is 0 Å². The molecular weight excluding hydrogens is 346 g/mol. The van der Waals surface area contributed by atoms with Crippen molar-refractivity contribution in [1.82, 2.24) is 20.0 Å². The van der Waals surface area contributed by atoms with Crippen molar-refractivity contribution in [3.8, 4) is 11.3 Å². The van der Waals surface area contributed by atoms with Crippen LogP contribution in [-0.2, 0) is 11.2 Å². The van der Waals surface area contributed by atoms with Crippen molar-refractivity contribution >= 4 is 22.2 Å². The van der Waals surface area contributed by atoms with Gasteiger partial charge in [-0.3, -0.25) is 9.20 Å². The fraction of sp³-hybridized carbons (Fsp3) is 0.294. The molecule has 2 aromatic heterocycles. The molecule has 1 fully saturated rings. The molecule has 1 aliphatic heterocycles. The maximum atomic E-state index is 13.6. The zero-order valence-electron chi connectivity index (χ0n) is 13.2. The Morgan fingerprint density at radius 2 is 2.20 bits per heavy atom. The number of hydrogen-bond donors (Lipinski definition) is 2. The van der Waals surface area contributed by atoms with E-state index in [1.54, 1.807) is 0 Å². The number of amides is 1. The second-order valence-corrected chi connectivity index (χ2v) is 6.90. The third kappa shape index (κ3) is 3.14. The lowest BCUT2D eigenvalue weighted by Crippen LogP contribution is -2.47. The predicted molar refractivity (Wildman–Crippen MR) is 92.0 cm³/mol. The van der Waals surface area contributed by atoms with Crippen molar-refractivity contribution in [2.45, 2.75) is 18.4 Å². The molecule has 0 spiro atoms. The molecule has 8 heteroatoms. The van der Waals surface area contributed by atoms with Crippen LogP contribution in [0.3, 0.4) is 0 Å². The summed E-state index contributed by atoms with van der Waals surface area (Å²) in [5, 5.41) is 6.87. The maximum absolute atomic E-state index is 13.6. The number of imidazole rings is 1. The number of aromatic nitrogens is 2. The van der Waals surface area contributed by atoms with Crippen molar-refractivity contribution in [2.75, 3.05) is 13.1 Å². The van der Waals surface area contributed by atoms with Crippen molar-refractivity contribution in [3.05, 3.63) is 47.6 Å². The summed E-state index contributed by atoms with van der Waals surface area (Å²) < 4.78 is 29.0. The van der Waals surface area contributed by atoms with E-state index in [1.165, 1.54) is 11.3 Å². The van der Waals surface area contributed by atoms with E-state index in [0.717, 1.165) is 21.9 Å². The molecule has 0 bridgehead atoms. The van der Waals surface area contributed by atoms with Crippen LogP contribution in [0.1, 0.15) is 5.69 Å². The first-order valence-electron chi connectivity index (χ1n) is 7.92. The minimum atomic E-state index is -2.91. The van der Waals surface area contributed by atoms with Crippen LogP contribution in [0.25, 0.3) is 16.2 Å². The molecule has 3 heterocycles. The molecule has 25 heavy (non-hydrogen) atoms. The molecule has 1 amide bonds. The molecule has 4 rings (SSSR count). The number of benzene rings is 1. The maximum Gasteiger partial charge on any atom is 0.281 e. The Hall–Kier alpha value is -2.32. The van der Waals surface area contributed by atoms with Gasteiger partial charge in [0.05, 0.1) is 18.7 Å². The Kier molecular flexibility index (Phi) is 4.01. The highest BCUT2D eigenvalue weighted by Crippen LogP contribution is 2.24. The van der Waals surface area contributed by atoms with Gasteiger partial charge in [-0.15, -0.1) is 11.3 Å². The highest BCUT2D eigenvalue weighted by atomic mass is 32.1. The second-order valence-electron chi connectivity index (χ2n) is 6.06. The monoisotopic (exact) mass is 362 g/mol. The lowest BCUT2D eigenvalue weighted by atomic mass is 10.2. The van der Waals surface area contributed by atoms with Gasteiger partial charge in [0, 0.05) is 29.4 Å². The average Bonchev–Trinajstić information content (AvgIpc) is 3.25. The van der Waals surface area contributed by atoms with Gasteiger partial charge in [0.2, 0.25) is 5.91 Å². The van der Waals surface area contributed by atoms with E-state index in [9.17, 15) is 13.6 Å². The van der Waals surface area contributed by atoms with Gasteiger partial charge in [-0.05, 0) is 0 Å². The number of nitrogens with zero attached hydrogens (tertiary/aromatic N) is 2. The average molecular weight is 362 g/mol. The van der Waals surface area contributed by atoms with Crippen LogP contribution >= 0.6 is 11.3 Å². The van der Waals surface area contributed by atoms with E-state index in [0.29, 0.717) is 0 Å². The first-order valence-corrected chi connectivity index (χ1v) is 8.80. The van der Waals surface area contributed by atoms with Crippen LogP contribution in [0, 0.1) is 0 Å². The quantitative estimate of drug-likeness (QED) is 0.749. The number of alkyl halides is 2. The van der Waals surface area contributed by atoms with E-state index in [4.69, 9.17) is 0 Å². The largest absolute Gasteiger partial charge is 0.346 e. The number of rotatable bonds is 4. The van der Waals surface area contributed by atoms with Gasteiger partial charge in [0.25, 0.3) is 5.92 Å². The number of hydrogen-bond acceptors (Lipinski definition) is 4. The van der Waals surface area contributed by atoms with Gasteiger partial charge >= 0.3 is 0 Å². The summed E-state index contributed by atoms with van der Waals surface area (Å²) >= 11 is 1.43. The Bertz CT molecular complexity index is 906. The van der Waals surface area contributed by atoms with Crippen LogP contribution in [-0.4, -0.2) is 40.3 Å². The van der Waals surface area contributed by atoms with E-state index < -0.39 is 24.4 Å². The molecule has 1 atom stereocenters. The highest BCUT2D eigenvalue weighted by Gasteiger charge is 2.44. The Labute approximate surface area is 146 Å². The van der Waals surface area contributed by atoms with Crippen molar-refractivity contribution in [2.24, 2.45) is 0 Å². The van der Waals surface area contributed by atoms with Crippen LogP contribution in [0.4, 0.5) is 8.78 Å². The molecule has 2 N–H and O–H groups in total. The molecule has 1 saturated heterocycles. The van der Waals surface area contributed by atoms with Gasteiger partial charge in [0.1, 0.15) is 6.04 Å². The summed E-state index contributed by atoms with van der Waals surface area (Å²) in [6, 6.07) is 8.59. The van der Waals surface area contributed by atoms with Crippen molar-refractivity contribution in [1.29, 1.82) is 0 Å². The van der Waals surface area contributed by atoms with Gasteiger partial charge in [0.15, 0.2) is 4.96 Å². The third-order valence-electron chi connectivity index (χ3n) is 4.25. The molecular formula is C17H16F2N4OS. The molecule has 0 unspecified atom stereocenters. The SMILES string of the molecule is O=C(Cc1csc2nc(-c3ccccc3)cn12)N[C@@H]1CNCC1(F)F.